The van der Waals surface area contributed by atoms with Crippen molar-refractivity contribution in [3.05, 3.63) is 38.0 Å². The lowest BCUT2D eigenvalue weighted by Crippen LogP contribution is -3.00. The number of rotatable bonds is 4. The lowest BCUT2D eigenvalue weighted by molar-refractivity contribution is -0.663. The maximum absolute atomic E-state index is 5.85. The van der Waals surface area contributed by atoms with E-state index in [0.717, 1.165) is 11.2 Å². The molecule has 0 aromatic carbocycles. The summed E-state index contributed by atoms with van der Waals surface area (Å²) in [6, 6.07) is 0. The van der Waals surface area contributed by atoms with Crippen molar-refractivity contribution in [1.29, 1.82) is 0 Å². The highest BCUT2D eigenvalue weighted by Crippen LogP contribution is 2.13. The van der Waals surface area contributed by atoms with E-state index in [4.69, 9.17) is 5.73 Å². The van der Waals surface area contributed by atoms with Crippen molar-refractivity contribution >= 4 is 17.0 Å². The quantitative estimate of drug-likeness (QED) is 0.477. The Balaban J connectivity index is 0.00000144. The summed E-state index contributed by atoms with van der Waals surface area (Å²) in [5, 5.41) is 0. The van der Waals surface area contributed by atoms with Crippen LogP contribution >= 0.6 is 0 Å². The van der Waals surface area contributed by atoms with Crippen LogP contribution in [0.25, 0.3) is 11.2 Å². The van der Waals surface area contributed by atoms with E-state index < -0.39 is 0 Å². The number of hydrogen-bond donors (Lipinski definition) is 1. The normalized spacial score (nSPS) is 9.33. The van der Waals surface area contributed by atoms with Gasteiger partial charge in [-0.3, -0.25) is 4.57 Å². The highest BCUT2D eigenvalue weighted by atomic mass is 79.9. The second-order valence-electron chi connectivity index (χ2n) is 3.43. The summed E-state index contributed by atoms with van der Waals surface area (Å²) in [4.78, 5) is 8.23. The van der Waals surface area contributed by atoms with Crippen LogP contribution in [0.5, 0.6) is 0 Å². The predicted molar refractivity (Wildman–Crippen MR) is 66.1 cm³/mol. The van der Waals surface area contributed by atoms with Gasteiger partial charge in [0, 0.05) is 0 Å². The molecule has 98 valence electrons. The van der Waals surface area contributed by atoms with E-state index in [1.807, 2.05) is 27.6 Å². The van der Waals surface area contributed by atoms with Gasteiger partial charge >= 0.3 is 5.65 Å². The summed E-state index contributed by atoms with van der Waals surface area (Å²) in [6.07, 6.45) is 7.04. The first kappa shape index (κ1) is 16.3. The second kappa shape index (κ2) is 6.87. The van der Waals surface area contributed by atoms with Crippen LogP contribution in [0.3, 0.4) is 0 Å². The molecular weight excluding hydrogens is 298 g/mol. The average molecular weight is 314 g/mol. The Morgan fingerprint density at radius 3 is 2.67 bits per heavy atom. The molecule has 18 heavy (non-hydrogen) atoms. The van der Waals surface area contributed by atoms with E-state index in [9.17, 15) is 0 Å². The van der Waals surface area contributed by atoms with Gasteiger partial charge in [-0.15, -0.1) is 0 Å². The van der Waals surface area contributed by atoms with Gasteiger partial charge in [0.1, 0.15) is 0 Å². The second-order valence-corrected chi connectivity index (χ2v) is 3.43. The molecule has 0 fully saturated rings. The number of aromatic nitrogens is 4. The first-order valence-electron chi connectivity index (χ1n) is 4.98. The molecule has 0 saturated carbocycles. The van der Waals surface area contributed by atoms with Crippen molar-refractivity contribution in [1.82, 2.24) is 14.5 Å². The highest BCUT2D eigenvalue weighted by molar-refractivity contribution is 5.79. The van der Waals surface area contributed by atoms with Gasteiger partial charge in [-0.2, -0.15) is 4.98 Å². The van der Waals surface area contributed by atoms with Crippen LogP contribution in [-0.2, 0) is 13.1 Å². The van der Waals surface area contributed by atoms with Gasteiger partial charge in [-0.05, 0) is 0 Å². The van der Waals surface area contributed by atoms with Crippen molar-refractivity contribution in [3.8, 4) is 0 Å². The summed E-state index contributed by atoms with van der Waals surface area (Å²) in [7, 11) is 0. The number of anilines is 1. The van der Waals surface area contributed by atoms with Gasteiger partial charge in [0.25, 0.3) is 0 Å². The summed E-state index contributed by atoms with van der Waals surface area (Å²) in [5.74, 6) is 0.481. The van der Waals surface area contributed by atoms with E-state index in [1.165, 1.54) is 6.33 Å². The molecule has 0 spiro atoms. The Labute approximate surface area is 116 Å². The Kier molecular flexibility index (Phi) is 6.21. The maximum atomic E-state index is 5.85. The third-order valence-electron chi connectivity index (χ3n) is 2.32. The number of halogens is 1. The van der Waals surface area contributed by atoms with Crippen molar-refractivity contribution in [2.75, 3.05) is 5.73 Å². The minimum atomic E-state index is 0. The molecule has 2 aromatic rings. The van der Waals surface area contributed by atoms with E-state index in [-0.39, 0.29) is 22.5 Å². The molecule has 2 aromatic heterocycles. The van der Waals surface area contributed by atoms with Crippen molar-refractivity contribution < 1.29 is 27.0 Å². The van der Waals surface area contributed by atoms with Gasteiger partial charge in [-0.1, -0.05) is 30.3 Å². The molecule has 0 bridgehead atoms. The van der Waals surface area contributed by atoms with Crippen LogP contribution in [0.4, 0.5) is 5.82 Å². The third kappa shape index (κ3) is 2.74. The van der Waals surface area contributed by atoms with Gasteiger partial charge in [0.15, 0.2) is 18.5 Å². The van der Waals surface area contributed by atoms with Crippen LogP contribution in [0.2, 0.25) is 0 Å². The molecule has 0 atom stereocenters. The molecule has 2 heterocycles. The van der Waals surface area contributed by atoms with E-state index in [1.54, 1.807) is 0 Å². The highest BCUT2D eigenvalue weighted by Gasteiger charge is 2.18. The largest absolute Gasteiger partial charge is 1.00 e. The molecule has 0 aliphatic heterocycles. The van der Waals surface area contributed by atoms with E-state index in [0.29, 0.717) is 18.9 Å². The standard InChI is InChI=1S/C11H14N5.BrH.H2O/c1-3-5-15-8-16(6-4-2)11-9(15)10(12)13-7-14-11;;/h3-4,7-8H,1-2,5-6H2,(H2,12,13,14);1H;1H2/q+1;;/p-1. The number of nitrogens with zero attached hydrogens (tertiary/aromatic N) is 4. The number of fused-ring (bicyclic) bond motifs is 1. The van der Waals surface area contributed by atoms with Crippen LogP contribution in [0.15, 0.2) is 38.0 Å². The van der Waals surface area contributed by atoms with Gasteiger partial charge in [0.05, 0.1) is 13.1 Å². The third-order valence-corrected chi connectivity index (χ3v) is 2.32. The fourth-order valence-electron chi connectivity index (χ4n) is 1.70. The zero-order chi connectivity index (χ0) is 11.5. The lowest BCUT2D eigenvalue weighted by atomic mass is 10.4. The number of imidazole rings is 1. The molecule has 0 unspecified atom stereocenters. The summed E-state index contributed by atoms with van der Waals surface area (Å²) < 4.78 is 3.95. The summed E-state index contributed by atoms with van der Waals surface area (Å²) in [6.45, 7) is 8.80. The average Bonchev–Trinajstić information content (AvgIpc) is 2.60. The molecule has 0 aliphatic rings. The summed E-state index contributed by atoms with van der Waals surface area (Å²) in [5.41, 5.74) is 7.50. The fraction of sp³-hybridized carbons (Fsp3) is 0.182. The van der Waals surface area contributed by atoms with Gasteiger partial charge in [-0.25, -0.2) is 4.57 Å². The number of nitrogens with two attached hydrogens (primary N) is 1. The minimum Gasteiger partial charge on any atom is -1.00 e. The number of hydrogen-bond acceptors (Lipinski definition) is 3. The van der Waals surface area contributed by atoms with Crippen LogP contribution in [0, 0.1) is 0 Å². The number of nitrogen functional groups attached to an aromatic ring is 1. The molecule has 0 amide bonds. The Morgan fingerprint density at radius 1 is 1.33 bits per heavy atom. The zero-order valence-corrected chi connectivity index (χ0v) is 11.5. The van der Waals surface area contributed by atoms with E-state index in [2.05, 4.69) is 23.1 Å². The fourth-order valence-corrected chi connectivity index (χ4v) is 1.70. The van der Waals surface area contributed by atoms with Gasteiger partial charge in [0.2, 0.25) is 5.52 Å². The van der Waals surface area contributed by atoms with Crippen LogP contribution < -0.4 is 27.3 Å². The topological polar surface area (TPSA) is 92.1 Å². The molecule has 0 radical (unpaired) electrons. The first-order valence-corrected chi connectivity index (χ1v) is 4.98. The van der Waals surface area contributed by atoms with Crippen LogP contribution in [0.1, 0.15) is 0 Å². The zero-order valence-electron chi connectivity index (χ0n) is 9.88. The van der Waals surface area contributed by atoms with Crippen molar-refractivity contribution in [2.45, 2.75) is 13.1 Å². The maximum Gasteiger partial charge on any atom is 0.307 e. The Morgan fingerprint density at radius 2 is 2.06 bits per heavy atom. The molecule has 0 saturated heterocycles. The minimum absolute atomic E-state index is 0. The van der Waals surface area contributed by atoms with Crippen molar-refractivity contribution in [2.24, 2.45) is 0 Å². The van der Waals surface area contributed by atoms with E-state index >= 15 is 0 Å². The Bertz CT molecular complexity index is 552. The molecular formula is C11H16BrN5O. The predicted octanol–water partition coefficient (Wildman–Crippen LogP) is -3.15. The monoisotopic (exact) mass is 313 g/mol. The number of allylic oxidation sites excluding steroid dienone is 2. The molecule has 7 heteroatoms. The van der Waals surface area contributed by atoms with Crippen molar-refractivity contribution in [3.63, 3.8) is 0 Å². The van der Waals surface area contributed by atoms with Gasteiger partial charge < -0.3 is 28.2 Å². The molecule has 4 N–H and O–H groups in total. The SMILES string of the molecule is C=CCn1c[n+](CC=C)c2ncnc(N)c21.O.[Br-]. The lowest BCUT2D eigenvalue weighted by Gasteiger charge is -1.94. The molecule has 2 rings (SSSR count). The smallest absolute Gasteiger partial charge is 0.307 e. The summed E-state index contributed by atoms with van der Waals surface area (Å²) >= 11 is 0. The Hall–Kier alpha value is -1.73. The molecule has 6 nitrogen and oxygen atoms in total. The first-order chi connectivity index (χ1) is 7.77. The molecule has 0 aliphatic carbocycles. The van der Waals surface area contributed by atoms with Crippen LogP contribution in [-0.4, -0.2) is 20.0 Å².